The van der Waals surface area contributed by atoms with E-state index >= 15 is 0 Å². The van der Waals surface area contributed by atoms with Crippen LogP contribution < -0.4 is 10.6 Å². The highest BCUT2D eigenvalue weighted by atomic mass is 16.2. The number of aliphatic imine (C=N–C) groups is 1. The van der Waals surface area contributed by atoms with Gasteiger partial charge in [0.2, 0.25) is 5.91 Å². The summed E-state index contributed by atoms with van der Waals surface area (Å²) in [4.78, 5) is 44.7. The Morgan fingerprint density at radius 1 is 1.12 bits per heavy atom. The minimum Gasteiger partial charge on any atom is -0.355 e. The van der Waals surface area contributed by atoms with Gasteiger partial charge in [-0.15, -0.1) is 5.11 Å². The minimum absolute atomic E-state index is 0.0797. The molecule has 0 bridgehead atoms. The van der Waals surface area contributed by atoms with Gasteiger partial charge < -0.3 is 15.5 Å². The number of azo groups is 1. The molecule has 2 aromatic rings. The maximum Gasteiger partial charge on any atom is 0.251 e. The molecule has 218 valence electrons. The summed E-state index contributed by atoms with van der Waals surface area (Å²) in [6.45, 7) is 4.84. The first-order valence-corrected chi connectivity index (χ1v) is 14.7. The molecule has 1 unspecified atom stereocenters. The first-order valence-electron chi connectivity index (χ1n) is 14.7. The largest absolute Gasteiger partial charge is 0.355 e. The Morgan fingerprint density at radius 2 is 1.81 bits per heavy atom. The number of benzene rings is 2. The summed E-state index contributed by atoms with van der Waals surface area (Å²) >= 11 is 0. The number of aryl methyl sites for hydroxylation is 2. The third-order valence-electron chi connectivity index (χ3n) is 8.69. The molecule has 1 aliphatic carbocycles. The van der Waals surface area contributed by atoms with Gasteiger partial charge in [-0.1, -0.05) is 25.1 Å². The minimum atomic E-state index is -0.825. The number of ketones is 1. The molecule has 1 saturated heterocycles. The number of nitrogens with zero attached hydrogens (tertiary/aromatic N) is 5. The number of amides is 2. The summed E-state index contributed by atoms with van der Waals surface area (Å²) in [5, 5.41) is 24.3. The van der Waals surface area contributed by atoms with Gasteiger partial charge in [-0.3, -0.25) is 14.4 Å². The molecule has 5 rings (SSSR count). The normalized spacial score (nSPS) is 21.5. The molecule has 0 spiro atoms. The Kier molecular flexibility index (Phi) is 8.59. The lowest BCUT2D eigenvalue weighted by Crippen LogP contribution is -2.46. The van der Waals surface area contributed by atoms with E-state index in [2.05, 4.69) is 26.9 Å². The van der Waals surface area contributed by atoms with Crippen LogP contribution in [0.2, 0.25) is 0 Å². The van der Waals surface area contributed by atoms with Crippen molar-refractivity contribution in [2.45, 2.75) is 69.9 Å². The Morgan fingerprint density at radius 3 is 2.43 bits per heavy atom. The predicted molar refractivity (Wildman–Crippen MR) is 159 cm³/mol. The van der Waals surface area contributed by atoms with Crippen molar-refractivity contribution in [1.82, 2.24) is 15.5 Å². The van der Waals surface area contributed by atoms with E-state index in [0.717, 1.165) is 28.7 Å². The molecule has 2 aliphatic heterocycles. The Hall–Kier alpha value is -4.23. The maximum absolute atomic E-state index is 13.0. The first kappa shape index (κ1) is 29.3. The average Bonchev–Trinajstić information content (AvgIpc) is 3.71. The van der Waals surface area contributed by atoms with E-state index in [1.54, 1.807) is 11.9 Å². The second-order valence-corrected chi connectivity index (χ2v) is 11.2. The number of rotatable bonds is 9. The molecular weight excluding hydrogens is 530 g/mol. The number of Topliss-reactive ketones (excluding diaryl/α,β-unsaturated/α-hetero) is 1. The van der Waals surface area contributed by atoms with Gasteiger partial charge in [0.1, 0.15) is 6.04 Å². The van der Waals surface area contributed by atoms with E-state index in [0.29, 0.717) is 55.6 Å². The van der Waals surface area contributed by atoms with Crippen LogP contribution in [0.4, 0.5) is 0 Å². The van der Waals surface area contributed by atoms with Gasteiger partial charge in [-0.2, -0.15) is 10.4 Å². The fourth-order valence-electron chi connectivity index (χ4n) is 6.61. The molecule has 0 aromatic heterocycles. The smallest absolute Gasteiger partial charge is 0.251 e. The molecule has 2 amide bonds. The van der Waals surface area contributed by atoms with E-state index < -0.39 is 5.41 Å². The molecule has 0 saturated carbocycles. The van der Waals surface area contributed by atoms with Gasteiger partial charge in [0.25, 0.3) is 5.91 Å². The lowest BCUT2D eigenvalue weighted by atomic mass is 9.67. The average molecular weight is 568 g/mol. The fourth-order valence-corrected chi connectivity index (χ4v) is 6.61. The van der Waals surface area contributed by atoms with Gasteiger partial charge in [0.05, 0.1) is 18.0 Å². The summed E-state index contributed by atoms with van der Waals surface area (Å²) < 4.78 is 0. The second kappa shape index (κ2) is 12.3. The topological polar surface area (TPSA) is 139 Å². The van der Waals surface area contributed by atoms with Crippen molar-refractivity contribution >= 4 is 23.4 Å². The third kappa shape index (κ3) is 5.37. The third-order valence-corrected chi connectivity index (χ3v) is 8.69. The highest BCUT2D eigenvalue weighted by Crippen LogP contribution is 2.46. The van der Waals surface area contributed by atoms with Crippen molar-refractivity contribution in [3.05, 3.63) is 69.8 Å². The Labute approximate surface area is 246 Å². The number of nitriles is 1. The van der Waals surface area contributed by atoms with Crippen molar-refractivity contribution in [2.75, 3.05) is 26.8 Å². The molecule has 1 fully saturated rings. The number of amidine groups is 1. The van der Waals surface area contributed by atoms with Crippen molar-refractivity contribution in [1.29, 1.82) is 5.26 Å². The van der Waals surface area contributed by atoms with Crippen LogP contribution in [0.5, 0.6) is 0 Å². The van der Waals surface area contributed by atoms with Gasteiger partial charge in [0.15, 0.2) is 18.3 Å². The molecule has 0 radical (unpaired) electrons. The van der Waals surface area contributed by atoms with Crippen LogP contribution >= 0.6 is 0 Å². The van der Waals surface area contributed by atoms with Crippen LogP contribution in [-0.2, 0) is 23.1 Å². The van der Waals surface area contributed by atoms with Gasteiger partial charge >= 0.3 is 0 Å². The number of fused-ring (bicyclic) bond motifs is 2. The first-order chi connectivity index (χ1) is 20.3. The van der Waals surface area contributed by atoms with E-state index in [1.165, 1.54) is 0 Å². The van der Waals surface area contributed by atoms with E-state index in [1.807, 2.05) is 50.2 Å². The van der Waals surface area contributed by atoms with Crippen molar-refractivity contribution in [3.8, 4) is 6.07 Å². The fraction of sp³-hybridized carbons (Fsp3) is 0.469. The molecule has 42 heavy (non-hydrogen) atoms. The zero-order valence-corrected chi connectivity index (χ0v) is 24.4. The van der Waals surface area contributed by atoms with Crippen LogP contribution in [0.25, 0.3) is 0 Å². The molecular formula is C32H37N7O3. The summed E-state index contributed by atoms with van der Waals surface area (Å²) in [6, 6.07) is 13.4. The van der Waals surface area contributed by atoms with Gasteiger partial charge in [0, 0.05) is 37.2 Å². The van der Waals surface area contributed by atoms with Gasteiger partial charge in [-0.25, -0.2) is 4.99 Å². The quantitative estimate of drug-likeness (QED) is 0.445. The molecule has 3 aliphatic rings. The number of carbonyl (C=O) groups is 3. The number of nitrogens with one attached hydrogen (secondary N) is 2. The standard InChI is InChI=1S/C32H37N7O3/c1-4-28(40)23-9-11-26-21(14-23)7-8-22-15-24(30(42)34-3)10-12-27(22)32(26,31-36-19-37-38-31)16-20(2)35-18-29(41)39-13-5-6-25(39)17-33/h9-12,14-15,20,25,35H,4-8,13,16,18-19H2,1-3H3,(H,34,42)/t20-,25-,32?/m0/s1. The van der Waals surface area contributed by atoms with Crippen LogP contribution in [0.15, 0.2) is 51.6 Å². The van der Waals surface area contributed by atoms with Crippen LogP contribution in [-0.4, -0.2) is 67.2 Å². The zero-order chi connectivity index (χ0) is 29.9. The second-order valence-electron chi connectivity index (χ2n) is 11.2. The van der Waals surface area contributed by atoms with Crippen LogP contribution in [0, 0.1) is 11.3 Å². The lowest BCUT2D eigenvalue weighted by molar-refractivity contribution is -0.130. The number of carbonyl (C=O) groups excluding carboxylic acids is 3. The Bertz CT molecular complexity index is 1440. The summed E-state index contributed by atoms with van der Waals surface area (Å²) in [5.74, 6) is 0.414. The van der Waals surface area contributed by atoms with E-state index in [-0.39, 0.29) is 42.9 Å². The number of hydrogen-bond acceptors (Lipinski definition) is 8. The Balaban J connectivity index is 1.58. The van der Waals surface area contributed by atoms with Crippen LogP contribution in [0.1, 0.15) is 82.5 Å². The molecule has 10 heteroatoms. The molecule has 10 nitrogen and oxygen atoms in total. The van der Waals surface area contributed by atoms with E-state index in [9.17, 15) is 19.6 Å². The van der Waals surface area contributed by atoms with E-state index in [4.69, 9.17) is 4.99 Å². The highest BCUT2D eigenvalue weighted by Gasteiger charge is 2.46. The maximum atomic E-state index is 13.0. The van der Waals surface area contributed by atoms with Crippen molar-refractivity contribution < 1.29 is 14.4 Å². The van der Waals surface area contributed by atoms with Crippen LogP contribution in [0.3, 0.4) is 0 Å². The SMILES string of the molecule is CCC(=O)c1ccc2c(c1)CCc1cc(C(=O)NC)ccc1C2(C[C@H](C)NCC(=O)N1CCC[C@H]1C#N)C1=NCN=N1. The zero-order valence-electron chi connectivity index (χ0n) is 24.4. The molecule has 2 heterocycles. The summed E-state index contributed by atoms with van der Waals surface area (Å²) in [5.41, 5.74) is 4.46. The van der Waals surface area contributed by atoms with Crippen molar-refractivity contribution in [3.63, 3.8) is 0 Å². The summed E-state index contributed by atoms with van der Waals surface area (Å²) in [6.07, 6.45) is 3.83. The number of hydrogen-bond donors (Lipinski definition) is 2. The monoisotopic (exact) mass is 567 g/mol. The van der Waals surface area contributed by atoms with Gasteiger partial charge in [-0.05, 0) is 79.5 Å². The highest BCUT2D eigenvalue weighted by molar-refractivity contribution is 6.01. The molecule has 2 N–H and O–H groups in total. The number of likely N-dealkylation sites (tertiary alicyclic amines) is 1. The van der Waals surface area contributed by atoms with Crippen molar-refractivity contribution in [2.24, 2.45) is 15.2 Å². The predicted octanol–water partition coefficient (Wildman–Crippen LogP) is 3.73. The molecule has 3 atom stereocenters. The molecule has 2 aromatic carbocycles. The lowest BCUT2D eigenvalue weighted by Gasteiger charge is -2.37. The summed E-state index contributed by atoms with van der Waals surface area (Å²) in [7, 11) is 1.61.